The average molecular weight is 354 g/mol. The van der Waals surface area contributed by atoms with E-state index in [2.05, 4.69) is 4.98 Å². The summed E-state index contributed by atoms with van der Waals surface area (Å²) in [4.78, 5) is 4.47. The first kappa shape index (κ1) is 16.2. The standard InChI is InChI=1S/C20H13F3N2O/c21-20(22,23)16-6-1-14(2-7-16)18-12-25-11-15(5-10-19(25)24-18)13-3-8-17(26)9-4-13/h1-12,26H. The molecule has 0 aliphatic rings. The van der Waals surface area contributed by atoms with Gasteiger partial charge in [0.15, 0.2) is 0 Å². The van der Waals surface area contributed by atoms with Gasteiger partial charge in [0.1, 0.15) is 11.4 Å². The van der Waals surface area contributed by atoms with E-state index in [0.29, 0.717) is 16.9 Å². The van der Waals surface area contributed by atoms with Gasteiger partial charge in [-0.25, -0.2) is 4.98 Å². The summed E-state index contributed by atoms with van der Waals surface area (Å²) in [5.74, 6) is 0.196. The van der Waals surface area contributed by atoms with E-state index in [-0.39, 0.29) is 5.75 Å². The molecule has 0 fully saturated rings. The minimum absolute atomic E-state index is 0.196. The van der Waals surface area contributed by atoms with Crippen molar-refractivity contribution in [3.63, 3.8) is 0 Å². The van der Waals surface area contributed by atoms with Crippen molar-refractivity contribution in [3.8, 4) is 28.1 Å². The van der Waals surface area contributed by atoms with Gasteiger partial charge in [0.2, 0.25) is 0 Å². The van der Waals surface area contributed by atoms with Crippen LogP contribution in [0.2, 0.25) is 0 Å². The molecule has 2 aromatic heterocycles. The lowest BCUT2D eigenvalue weighted by Crippen LogP contribution is -2.03. The van der Waals surface area contributed by atoms with E-state index in [1.165, 1.54) is 12.1 Å². The topological polar surface area (TPSA) is 37.5 Å². The summed E-state index contributed by atoms with van der Waals surface area (Å²) >= 11 is 0. The minimum atomic E-state index is -4.35. The molecule has 0 saturated heterocycles. The van der Waals surface area contributed by atoms with Crippen molar-refractivity contribution < 1.29 is 18.3 Å². The molecule has 0 amide bonds. The largest absolute Gasteiger partial charge is 0.508 e. The summed E-state index contributed by atoms with van der Waals surface area (Å²) in [6.45, 7) is 0. The van der Waals surface area contributed by atoms with Crippen LogP contribution >= 0.6 is 0 Å². The number of aromatic nitrogens is 2. The van der Waals surface area contributed by atoms with Crippen molar-refractivity contribution in [1.82, 2.24) is 9.38 Å². The smallest absolute Gasteiger partial charge is 0.416 e. The highest BCUT2D eigenvalue weighted by atomic mass is 19.4. The molecule has 26 heavy (non-hydrogen) atoms. The van der Waals surface area contributed by atoms with Gasteiger partial charge in [-0.1, -0.05) is 24.3 Å². The Morgan fingerprint density at radius 1 is 0.731 bits per heavy atom. The molecule has 0 unspecified atom stereocenters. The first-order chi connectivity index (χ1) is 12.4. The minimum Gasteiger partial charge on any atom is -0.508 e. The Hall–Kier alpha value is -3.28. The molecule has 2 heterocycles. The van der Waals surface area contributed by atoms with E-state index < -0.39 is 11.7 Å². The molecule has 6 heteroatoms. The van der Waals surface area contributed by atoms with E-state index in [0.717, 1.165) is 23.3 Å². The van der Waals surface area contributed by atoms with Gasteiger partial charge in [-0.05, 0) is 47.5 Å². The Morgan fingerprint density at radius 3 is 2.00 bits per heavy atom. The lowest BCUT2D eigenvalue weighted by Gasteiger charge is -2.06. The summed E-state index contributed by atoms with van der Waals surface area (Å²) in [7, 11) is 0. The number of imidazole rings is 1. The third kappa shape index (κ3) is 3.01. The lowest BCUT2D eigenvalue weighted by atomic mass is 10.1. The predicted molar refractivity (Wildman–Crippen MR) is 92.7 cm³/mol. The molecule has 4 aromatic rings. The molecule has 2 aromatic carbocycles. The van der Waals surface area contributed by atoms with E-state index in [9.17, 15) is 18.3 Å². The van der Waals surface area contributed by atoms with Crippen molar-refractivity contribution in [2.24, 2.45) is 0 Å². The van der Waals surface area contributed by atoms with Crippen molar-refractivity contribution in [2.45, 2.75) is 6.18 Å². The SMILES string of the molecule is Oc1ccc(-c2ccc3nc(-c4ccc(C(F)(F)F)cc4)cn3c2)cc1. The van der Waals surface area contributed by atoms with Crippen LogP contribution in [0.3, 0.4) is 0 Å². The second kappa shape index (κ2) is 5.91. The Bertz CT molecular complexity index is 1070. The van der Waals surface area contributed by atoms with Crippen molar-refractivity contribution >= 4 is 5.65 Å². The van der Waals surface area contributed by atoms with Crippen molar-refractivity contribution in [1.29, 1.82) is 0 Å². The Kier molecular flexibility index (Phi) is 3.68. The number of fused-ring (bicyclic) bond motifs is 1. The van der Waals surface area contributed by atoms with E-state index in [1.54, 1.807) is 18.3 Å². The van der Waals surface area contributed by atoms with Crippen LogP contribution in [-0.2, 0) is 6.18 Å². The fraction of sp³-hybridized carbons (Fsp3) is 0.0500. The molecular formula is C20H13F3N2O. The second-order valence-electron chi connectivity index (χ2n) is 5.93. The highest BCUT2D eigenvalue weighted by molar-refractivity contribution is 5.68. The van der Waals surface area contributed by atoms with Gasteiger partial charge in [-0.2, -0.15) is 13.2 Å². The number of phenolic OH excluding ortho intramolecular Hbond substituents is 1. The highest BCUT2D eigenvalue weighted by Gasteiger charge is 2.30. The monoisotopic (exact) mass is 354 g/mol. The van der Waals surface area contributed by atoms with Crippen LogP contribution in [0.4, 0.5) is 13.2 Å². The van der Waals surface area contributed by atoms with Gasteiger partial charge < -0.3 is 9.51 Å². The van der Waals surface area contributed by atoms with Gasteiger partial charge in [0.25, 0.3) is 0 Å². The molecule has 3 nitrogen and oxygen atoms in total. The molecular weight excluding hydrogens is 341 g/mol. The molecule has 0 atom stereocenters. The van der Waals surface area contributed by atoms with Gasteiger partial charge in [0, 0.05) is 18.0 Å². The number of hydrogen-bond acceptors (Lipinski definition) is 2. The Morgan fingerprint density at radius 2 is 1.35 bits per heavy atom. The second-order valence-corrected chi connectivity index (χ2v) is 5.93. The fourth-order valence-electron chi connectivity index (χ4n) is 2.79. The summed E-state index contributed by atoms with van der Waals surface area (Å²) < 4.78 is 39.9. The van der Waals surface area contributed by atoms with Gasteiger partial charge >= 0.3 is 6.18 Å². The molecule has 130 valence electrons. The average Bonchev–Trinajstić information content (AvgIpc) is 3.05. The van der Waals surface area contributed by atoms with Crippen LogP contribution in [0, 0.1) is 0 Å². The third-order valence-electron chi connectivity index (χ3n) is 4.16. The zero-order valence-electron chi connectivity index (χ0n) is 13.4. The number of hydrogen-bond donors (Lipinski definition) is 1. The summed E-state index contributed by atoms with van der Waals surface area (Å²) in [5.41, 5.74) is 3.11. The summed E-state index contributed by atoms with van der Waals surface area (Å²) in [6.07, 6.45) is -0.680. The van der Waals surface area contributed by atoms with E-state index in [4.69, 9.17) is 0 Å². The van der Waals surface area contributed by atoms with Crippen LogP contribution in [0.25, 0.3) is 28.0 Å². The van der Waals surface area contributed by atoms with Crippen LogP contribution in [-0.4, -0.2) is 14.5 Å². The third-order valence-corrected chi connectivity index (χ3v) is 4.16. The zero-order valence-corrected chi connectivity index (χ0v) is 13.4. The Balaban J connectivity index is 1.70. The van der Waals surface area contributed by atoms with Gasteiger partial charge in [0.05, 0.1) is 11.3 Å². The number of pyridine rings is 1. The molecule has 0 aliphatic carbocycles. The number of nitrogens with zero attached hydrogens (tertiary/aromatic N) is 2. The summed E-state index contributed by atoms with van der Waals surface area (Å²) in [5, 5.41) is 9.39. The van der Waals surface area contributed by atoms with Crippen molar-refractivity contribution in [2.75, 3.05) is 0 Å². The van der Waals surface area contributed by atoms with Gasteiger partial charge in [-0.3, -0.25) is 0 Å². The lowest BCUT2D eigenvalue weighted by molar-refractivity contribution is -0.137. The molecule has 4 rings (SSSR count). The fourth-order valence-corrected chi connectivity index (χ4v) is 2.79. The normalized spacial score (nSPS) is 11.8. The number of halogens is 3. The highest BCUT2D eigenvalue weighted by Crippen LogP contribution is 2.31. The maximum atomic E-state index is 12.7. The maximum absolute atomic E-state index is 12.7. The number of alkyl halides is 3. The van der Waals surface area contributed by atoms with E-state index in [1.807, 2.05) is 34.9 Å². The number of benzene rings is 2. The first-order valence-electron chi connectivity index (χ1n) is 7.86. The number of aromatic hydroxyl groups is 1. The molecule has 1 N–H and O–H groups in total. The molecule has 0 spiro atoms. The molecule has 0 aliphatic heterocycles. The number of rotatable bonds is 2. The van der Waals surface area contributed by atoms with Gasteiger partial charge in [-0.15, -0.1) is 0 Å². The van der Waals surface area contributed by atoms with Crippen LogP contribution in [0.1, 0.15) is 5.56 Å². The summed E-state index contributed by atoms with van der Waals surface area (Å²) in [6, 6.07) is 15.6. The van der Waals surface area contributed by atoms with Crippen LogP contribution in [0.15, 0.2) is 73.1 Å². The molecule has 0 radical (unpaired) electrons. The van der Waals surface area contributed by atoms with Crippen molar-refractivity contribution in [3.05, 3.63) is 78.6 Å². The molecule has 0 bridgehead atoms. The predicted octanol–water partition coefficient (Wildman–Crippen LogP) is 5.39. The van der Waals surface area contributed by atoms with Crippen LogP contribution < -0.4 is 0 Å². The number of phenols is 1. The first-order valence-corrected chi connectivity index (χ1v) is 7.86. The Labute approximate surface area is 147 Å². The van der Waals surface area contributed by atoms with E-state index >= 15 is 0 Å². The zero-order chi connectivity index (χ0) is 18.3. The van der Waals surface area contributed by atoms with Crippen LogP contribution in [0.5, 0.6) is 5.75 Å². The maximum Gasteiger partial charge on any atom is 0.416 e. The molecule has 0 saturated carbocycles. The quantitative estimate of drug-likeness (QED) is 0.524.